The van der Waals surface area contributed by atoms with Crippen LogP contribution in [-0.4, -0.2) is 4.98 Å². The predicted octanol–water partition coefficient (Wildman–Crippen LogP) is 5.50. The van der Waals surface area contributed by atoms with Crippen LogP contribution in [-0.2, 0) is 6.18 Å². The van der Waals surface area contributed by atoms with Gasteiger partial charge in [-0.1, -0.05) is 48.5 Å². The van der Waals surface area contributed by atoms with Crippen molar-refractivity contribution in [3.8, 4) is 21.8 Å². The van der Waals surface area contributed by atoms with E-state index in [1.165, 1.54) is 23.5 Å². The van der Waals surface area contributed by atoms with Crippen molar-refractivity contribution in [3.05, 3.63) is 65.5 Å². The van der Waals surface area contributed by atoms with Gasteiger partial charge in [0.1, 0.15) is 5.01 Å². The van der Waals surface area contributed by atoms with E-state index in [4.69, 9.17) is 0 Å². The monoisotopic (exact) mass is 305 g/mol. The number of thiazole rings is 1. The third-order valence-corrected chi connectivity index (χ3v) is 3.92. The van der Waals surface area contributed by atoms with Gasteiger partial charge in [0.15, 0.2) is 0 Å². The number of rotatable bonds is 2. The van der Waals surface area contributed by atoms with E-state index >= 15 is 0 Å². The van der Waals surface area contributed by atoms with Gasteiger partial charge in [0.05, 0.1) is 11.3 Å². The summed E-state index contributed by atoms with van der Waals surface area (Å²) in [4.78, 5) is 4.34. The average molecular weight is 305 g/mol. The van der Waals surface area contributed by atoms with E-state index in [-0.39, 0.29) is 5.56 Å². The minimum absolute atomic E-state index is 0.114. The Hall–Kier alpha value is -2.14. The molecular formula is C16H10F3NS. The summed E-state index contributed by atoms with van der Waals surface area (Å²) in [6, 6.07) is 14.9. The molecule has 0 saturated carbocycles. The van der Waals surface area contributed by atoms with E-state index in [0.29, 0.717) is 10.7 Å². The number of nitrogens with zero attached hydrogens (tertiary/aromatic N) is 1. The lowest BCUT2D eigenvalue weighted by Crippen LogP contribution is -2.06. The highest BCUT2D eigenvalue weighted by Gasteiger charge is 2.33. The van der Waals surface area contributed by atoms with Crippen LogP contribution in [0.4, 0.5) is 13.2 Å². The van der Waals surface area contributed by atoms with Gasteiger partial charge in [0, 0.05) is 16.5 Å². The first-order chi connectivity index (χ1) is 10.1. The molecule has 0 aliphatic heterocycles. The molecule has 0 bridgehead atoms. The summed E-state index contributed by atoms with van der Waals surface area (Å²) in [5.74, 6) is 0. The summed E-state index contributed by atoms with van der Waals surface area (Å²) in [5.41, 5.74) is 0.711. The molecule has 1 aromatic heterocycles. The van der Waals surface area contributed by atoms with Crippen molar-refractivity contribution in [2.24, 2.45) is 0 Å². The van der Waals surface area contributed by atoms with Crippen LogP contribution in [0, 0.1) is 0 Å². The number of halogens is 3. The van der Waals surface area contributed by atoms with Gasteiger partial charge >= 0.3 is 6.18 Å². The zero-order valence-electron chi connectivity index (χ0n) is 10.8. The first-order valence-corrected chi connectivity index (χ1v) is 7.11. The molecule has 0 amide bonds. The van der Waals surface area contributed by atoms with Crippen molar-refractivity contribution in [2.75, 3.05) is 0 Å². The highest BCUT2D eigenvalue weighted by Crippen LogP contribution is 2.38. The summed E-state index contributed by atoms with van der Waals surface area (Å²) >= 11 is 1.34. The second-order valence-corrected chi connectivity index (χ2v) is 5.31. The molecule has 2 aromatic carbocycles. The Bertz CT molecular complexity index is 747. The molecule has 1 heterocycles. The van der Waals surface area contributed by atoms with Crippen molar-refractivity contribution >= 4 is 11.3 Å². The van der Waals surface area contributed by atoms with Crippen molar-refractivity contribution in [1.82, 2.24) is 4.98 Å². The van der Waals surface area contributed by atoms with Gasteiger partial charge in [-0.05, 0) is 6.07 Å². The van der Waals surface area contributed by atoms with Crippen molar-refractivity contribution in [3.63, 3.8) is 0 Å². The van der Waals surface area contributed by atoms with E-state index in [2.05, 4.69) is 4.98 Å². The topological polar surface area (TPSA) is 12.9 Å². The summed E-state index contributed by atoms with van der Waals surface area (Å²) in [5, 5.41) is 2.37. The average Bonchev–Trinajstić information content (AvgIpc) is 2.97. The lowest BCUT2D eigenvalue weighted by Gasteiger charge is -2.10. The molecule has 0 radical (unpaired) electrons. The second-order valence-electron chi connectivity index (χ2n) is 4.45. The fraction of sp³-hybridized carbons (Fsp3) is 0.0625. The third kappa shape index (κ3) is 2.83. The molecule has 1 nitrogen and oxygen atoms in total. The number of hydrogen-bond acceptors (Lipinski definition) is 2. The molecule has 21 heavy (non-hydrogen) atoms. The lowest BCUT2D eigenvalue weighted by molar-refractivity contribution is -0.137. The number of aromatic nitrogens is 1. The molecule has 5 heteroatoms. The maximum atomic E-state index is 13.0. The molecule has 0 N–H and O–H groups in total. The van der Waals surface area contributed by atoms with Gasteiger partial charge in [-0.15, -0.1) is 11.3 Å². The summed E-state index contributed by atoms with van der Waals surface area (Å²) in [7, 11) is 0. The van der Waals surface area contributed by atoms with Crippen LogP contribution in [0.5, 0.6) is 0 Å². The van der Waals surface area contributed by atoms with Gasteiger partial charge in [0.25, 0.3) is 0 Å². The van der Waals surface area contributed by atoms with Crippen LogP contribution in [0.15, 0.2) is 60.0 Å². The van der Waals surface area contributed by atoms with E-state index in [0.717, 1.165) is 11.6 Å². The van der Waals surface area contributed by atoms with Crippen LogP contribution in [0.3, 0.4) is 0 Å². The molecule has 3 aromatic rings. The maximum absolute atomic E-state index is 13.0. The van der Waals surface area contributed by atoms with Gasteiger partial charge in [-0.25, -0.2) is 4.98 Å². The Labute approximate surface area is 123 Å². The van der Waals surface area contributed by atoms with Crippen LogP contribution < -0.4 is 0 Å². The first-order valence-electron chi connectivity index (χ1n) is 6.23. The zero-order chi connectivity index (χ0) is 14.9. The summed E-state index contributed by atoms with van der Waals surface area (Å²) in [6.45, 7) is 0. The molecule has 0 saturated heterocycles. The van der Waals surface area contributed by atoms with E-state index in [9.17, 15) is 13.2 Å². The minimum atomic E-state index is -4.38. The van der Waals surface area contributed by atoms with E-state index < -0.39 is 11.7 Å². The Balaban J connectivity index is 2.06. The Morgan fingerprint density at radius 1 is 0.857 bits per heavy atom. The van der Waals surface area contributed by atoms with Crippen LogP contribution in [0.2, 0.25) is 0 Å². The summed E-state index contributed by atoms with van der Waals surface area (Å²) < 4.78 is 39.1. The van der Waals surface area contributed by atoms with E-state index in [1.54, 1.807) is 11.4 Å². The van der Waals surface area contributed by atoms with E-state index in [1.807, 2.05) is 30.3 Å². The smallest absolute Gasteiger partial charge is 0.236 e. The normalized spacial score (nSPS) is 11.6. The maximum Gasteiger partial charge on any atom is 0.417 e. The van der Waals surface area contributed by atoms with Crippen molar-refractivity contribution in [1.29, 1.82) is 0 Å². The van der Waals surface area contributed by atoms with Crippen molar-refractivity contribution in [2.45, 2.75) is 6.18 Å². The van der Waals surface area contributed by atoms with Gasteiger partial charge in [-0.2, -0.15) is 13.2 Å². The molecule has 106 valence electrons. The largest absolute Gasteiger partial charge is 0.417 e. The zero-order valence-corrected chi connectivity index (χ0v) is 11.6. The molecule has 0 aliphatic rings. The van der Waals surface area contributed by atoms with Crippen LogP contribution in [0.25, 0.3) is 21.8 Å². The lowest BCUT2D eigenvalue weighted by atomic mass is 10.1. The SMILES string of the molecule is FC(F)(F)c1ccccc1-c1csc(-c2ccccc2)n1. The summed E-state index contributed by atoms with van der Waals surface area (Å²) in [6.07, 6.45) is -4.38. The predicted molar refractivity (Wildman–Crippen MR) is 78.0 cm³/mol. The quantitative estimate of drug-likeness (QED) is 0.609. The van der Waals surface area contributed by atoms with Gasteiger partial charge in [-0.3, -0.25) is 0 Å². The third-order valence-electron chi connectivity index (χ3n) is 3.03. The standard InChI is InChI=1S/C16H10F3NS/c17-16(18,19)13-9-5-4-8-12(13)14-10-21-15(20-14)11-6-2-1-3-7-11/h1-10H. The highest BCUT2D eigenvalue weighted by molar-refractivity contribution is 7.13. The molecule has 0 atom stereocenters. The molecule has 0 aliphatic carbocycles. The number of benzene rings is 2. The van der Waals surface area contributed by atoms with Crippen LogP contribution >= 0.6 is 11.3 Å². The first kappa shape index (κ1) is 13.8. The van der Waals surface area contributed by atoms with Gasteiger partial charge < -0.3 is 0 Å². The molecule has 3 rings (SSSR count). The Kier molecular flexibility index (Phi) is 3.51. The molecular weight excluding hydrogens is 295 g/mol. The number of hydrogen-bond donors (Lipinski definition) is 0. The minimum Gasteiger partial charge on any atom is -0.236 e. The van der Waals surface area contributed by atoms with Crippen molar-refractivity contribution < 1.29 is 13.2 Å². The number of alkyl halides is 3. The highest BCUT2D eigenvalue weighted by atomic mass is 32.1. The fourth-order valence-electron chi connectivity index (χ4n) is 2.06. The molecule has 0 fully saturated rings. The molecule has 0 unspecified atom stereocenters. The second kappa shape index (κ2) is 5.33. The Morgan fingerprint density at radius 3 is 2.24 bits per heavy atom. The van der Waals surface area contributed by atoms with Gasteiger partial charge in [0.2, 0.25) is 0 Å². The fourth-order valence-corrected chi connectivity index (χ4v) is 2.89. The Morgan fingerprint density at radius 2 is 1.52 bits per heavy atom. The van der Waals surface area contributed by atoms with Crippen LogP contribution in [0.1, 0.15) is 5.56 Å². The molecule has 0 spiro atoms.